The molecule has 0 radical (unpaired) electrons. The lowest BCUT2D eigenvalue weighted by Gasteiger charge is -2.28. The van der Waals surface area contributed by atoms with Gasteiger partial charge in [0.1, 0.15) is 0 Å². The molecule has 2 aromatic rings. The van der Waals surface area contributed by atoms with Crippen LogP contribution in [0.4, 0.5) is 0 Å². The minimum atomic E-state index is -0.321. The Morgan fingerprint density at radius 2 is 1.79 bits per heavy atom. The van der Waals surface area contributed by atoms with Crippen LogP contribution in [0.25, 0.3) is 0 Å². The van der Waals surface area contributed by atoms with Gasteiger partial charge in [-0.3, -0.25) is 14.5 Å². The van der Waals surface area contributed by atoms with Crippen LogP contribution in [-0.4, -0.2) is 37.5 Å². The zero-order chi connectivity index (χ0) is 17.3. The van der Waals surface area contributed by atoms with Gasteiger partial charge < -0.3 is 9.47 Å². The summed E-state index contributed by atoms with van der Waals surface area (Å²) in [6.07, 6.45) is 0.581. The SMILES string of the molecule is COc1cc2c(cc1OC)C(=O)N(C(=O)c1ccccc1Br)CC2. The molecule has 2 aromatic carbocycles. The molecule has 124 valence electrons. The molecule has 24 heavy (non-hydrogen) atoms. The molecule has 0 fully saturated rings. The van der Waals surface area contributed by atoms with Gasteiger partial charge in [-0.15, -0.1) is 0 Å². The van der Waals surface area contributed by atoms with Crippen LogP contribution in [0.15, 0.2) is 40.9 Å². The normalized spacial score (nSPS) is 13.5. The zero-order valence-electron chi connectivity index (χ0n) is 13.3. The Labute approximate surface area is 148 Å². The van der Waals surface area contributed by atoms with Crippen molar-refractivity contribution in [1.29, 1.82) is 0 Å². The number of hydrogen-bond donors (Lipinski definition) is 0. The van der Waals surface area contributed by atoms with Crippen molar-refractivity contribution in [2.45, 2.75) is 6.42 Å². The first kappa shape index (κ1) is 16.5. The molecule has 2 amide bonds. The predicted octanol–water partition coefficient (Wildman–Crippen LogP) is 3.31. The monoisotopic (exact) mass is 389 g/mol. The van der Waals surface area contributed by atoms with Gasteiger partial charge in [0.25, 0.3) is 11.8 Å². The van der Waals surface area contributed by atoms with E-state index in [9.17, 15) is 9.59 Å². The van der Waals surface area contributed by atoms with Gasteiger partial charge in [0.05, 0.1) is 19.8 Å². The summed E-state index contributed by atoms with van der Waals surface area (Å²) < 4.78 is 11.2. The Morgan fingerprint density at radius 3 is 2.46 bits per heavy atom. The summed E-state index contributed by atoms with van der Waals surface area (Å²) in [6.45, 7) is 0.335. The van der Waals surface area contributed by atoms with Crippen molar-refractivity contribution < 1.29 is 19.1 Å². The number of rotatable bonds is 3. The third-order valence-electron chi connectivity index (χ3n) is 4.04. The van der Waals surface area contributed by atoms with Crippen LogP contribution in [0.2, 0.25) is 0 Å². The Balaban J connectivity index is 1.98. The molecule has 6 heteroatoms. The van der Waals surface area contributed by atoms with E-state index < -0.39 is 0 Å². The smallest absolute Gasteiger partial charge is 0.261 e. The molecule has 1 aliphatic heterocycles. The number of amides is 2. The van der Waals surface area contributed by atoms with Crippen molar-refractivity contribution in [1.82, 2.24) is 4.90 Å². The maximum atomic E-state index is 12.8. The number of nitrogens with zero attached hydrogens (tertiary/aromatic N) is 1. The summed E-state index contributed by atoms with van der Waals surface area (Å²) in [4.78, 5) is 26.8. The molecule has 1 aliphatic rings. The molecule has 1 heterocycles. The van der Waals surface area contributed by atoms with Crippen LogP contribution >= 0.6 is 15.9 Å². The minimum Gasteiger partial charge on any atom is -0.493 e. The highest BCUT2D eigenvalue weighted by Crippen LogP contribution is 2.33. The Kier molecular flexibility index (Phi) is 4.57. The first-order chi connectivity index (χ1) is 11.6. The molecular formula is C18H16BrNO4. The van der Waals surface area contributed by atoms with E-state index in [1.54, 1.807) is 37.4 Å². The third kappa shape index (κ3) is 2.78. The lowest BCUT2D eigenvalue weighted by atomic mass is 9.97. The first-order valence-electron chi connectivity index (χ1n) is 7.42. The van der Waals surface area contributed by atoms with E-state index in [1.807, 2.05) is 6.07 Å². The van der Waals surface area contributed by atoms with Gasteiger partial charge in [-0.05, 0) is 52.2 Å². The fourth-order valence-electron chi connectivity index (χ4n) is 2.78. The highest BCUT2D eigenvalue weighted by Gasteiger charge is 2.31. The van der Waals surface area contributed by atoms with E-state index >= 15 is 0 Å². The van der Waals surface area contributed by atoms with Crippen LogP contribution in [0.3, 0.4) is 0 Å². The second-order valence-corrected chi connectivity index (χ2v) is 6.21. The van der Waals surface area contributed by atoms with Crippen LogP contribution < -0.4 is 9.47 Å². The summed E-state index contributed by atoms with van der Waals surface area (Å²) in [5.41, 5.74) is 1.79. The van der Waals surface area contributed by atoms with Crippen molar-refractivity contribution in [3.05, 3.63) is 57.6 Å². The molecular weight excluding hydrogens is 374 g/mol. The Morgan fingerprint density at radius 1 is 1.12 bits per heavy atom. The Hall–Kier alpha value is -2.34. The highest BCUT2D eigenvalue weighted by molar-refractivity contribution is 9.10. The number of ether oxygens (including phenoxy) is 2. The van der Waals surface area contributed by atoms with Crippen LogP contribution in [-0.2, 0) is 6.42 Å². The molecule has 0 saturated carbocycles. The van der Waals surface area contributed by atoms with E-state index in [1.165, 1.54) is 12.0 Å². The summed E-state index contributed by atoms with van der Waals surface area (Å²) in [5.74, 6) is 0.417. The van der Waals surface area contributed by atoms with Crippen molar-refractivity contribution in [2.24, 2.45) is 0 Å². The van der Waals surface area contributed by atoms with Gasteiger partial charge in [0.15, 0.2) is 11.5 Å². The number of halogens is 1. The quantitative estimate of drug-likeness (QED) is 0.755. The maximum Gasteiger partial charge on any atom is 0.261 e. The molecule has 0 bridgehead atoms. The number of methoxy groups -OCH3 is 2. The number of benzene rings is 2. The van der Waals surface area contributed by atoms with Gasteiger partial charge >= 0.3 is 0 Å². The van der Waals surface area contributed by atoms with Gasteiger partial charge in [0.2, 0.25) is 0 Å². The largest absolute Gasteiger partial charge is 0.493 e. The Bertz CT molecular complexity index is 819. The zero-order valence-corrected chi connectivity index (χ0v) is 14.9. The maximum absolute atomic E-state index is 12.8. The molecule has 5 nitrogen and oxygen atoms in total. The summed E-state index contributed by atoms with van der Waals surface area (Å²) in [5, 5.41) is 0. The predicted molar refractivity (Wildman–Crippen MR) is 92.8 cm³/mol. The van der Waals surface area contributed by atoms with E-state index in [4.69, 9.17) is 9.47 Å². The molecule has 0 aliphatic carbocycles. The lowest BCUT2D eigenvalue weighted by molar-refractivity contribution is 0.0604. The number of fused-ring (bicyclic) bond motifs is 1. The van der Waals surface area contributed by atoms with E-state index in [0.717, 1.165) is 5.56 Å². The third-order valence-corrected chi connectivity index (χ3v) is 4.73. The molecule has 0 atom stereocenters. The van der Waals surface area contributed by atoms with Crippen molar-refractivity contribution in [3.8, 4) is 11.5 Å². The molecule has 0 aromatic heterocycles. The van der Waals surface area contributed by atoms with Crippen molar-refractivity contribution in [2.75, 3.05) is 20.8 Å². The van der Waals surface area contributed by atoms with E-state index in [0.29, 0.717) is 40.1 Å². The number of imide groups is 1. The summed E-state index contributed by atoms with van der Waals surface area (Å²) in [7, 11) is 3.07. The topological polar surface area (TPSA) is 55.8 Å². The van der Waals surface area contributed by atoms with E-state index in [-0.39, 0.29) is 11.8 Å². The number of carbonyl (C=O) groups excluding carboxylic acids is 2. The lowest BCUT2D eigenvalue weighted by Crippen LogP contribution is -2.42. The van der Waals surface area contributed by atoms with Crippen LogP contribution in [0, 0.1) is 0 Å². The van der Waals surface area contributed by atoms with Crippen LogP contribution in [0.1, 0.15) is 26.3 Å². The van der Waals surface area contributed by atoms with Gasteiger partial charge in [-0.1, -0.05) is 12.1 Å². The fraction of sp³-hybridized carbons (Fsp3) is 0.222. The summed E-state index contributed by atoms with van der Waals surface area (Å²) >= 11 is 3.36. The molecule has 0 saturated heterocycles. The van der Waals surface area contributed by atoms with Crippen molar-refractivity contribution >= 4 is 27.7 Å². The second-order valence-electron chi connectivity index (χ2n) is 5.36. The highest BCUT2D eigenvalue weighted by atomic mass is 79.9. The molecule has 0 unspecified atom stereocenters. The number of carbonyl (C=O) groups is 2. The standard InChI is InChI=1S/C18H16BrNO4/c1-23-15-9-11-7-8-20(18(22)13(11)10-16(15)24-2)17(21)12-5-3-4-6-14(12)19/h3-6,9-10H,7-8H2,1-2H3. The molecule has 0 spiro atoms. The van der Waals surface area contributed by atoms with Gasteiger partial charge in [-0.2, -0.15) is 0 Å². The first-order valence-corrected chi connectivity index (χ1v) is 8.21. The van der Waals surface area contributed by atoms with Gasteiger partial charge in [0, 0.05) is 16.6 Å². The molecule has 3 rings (SSSR count). The fourth-order valence-corrected chi connectivity index (χ4v) is 3.23. The molecule has 0 N–H and O–H groups in total. The second kappa shape index (κ2) is 6.65. The van der Waals surface area contributed by atoms with Crippen molar-refractivity contribution in [3.63, 3.8) is 0 Å². The number of hydrogen-bond acceptors (Lipinski definition) is 4. The van der Waals surface area contributed by atoms with Crippen LogP contribution in [0.5, 0.6) is 11.5 Å². The van der Waals surface area contributed by atoms with Gasteiger partial charge in [-0.25, -0.2) is 0 Å². The van der Waals surface area contributed by atoms with E-state index in [2.05, 4.69) is 15.9 Å². The minimum absolute atomic E-state index is 0.312. The average Bonchev–Trinajstić information content (AvgIpc) is 2.61. The average molecular weight is 390 g/mol. The summed E-state index contributed by atoms with van der Waals surface area (Å²) in [6, 6.07) is 10.5.